The van der Waals surface area contributed by atoms with Gasteiger partial charge in [0.05, 0.1) is 7.11 Å². The van der Waals surface area contributed by atoms with Crippen LogP contribution in [0.15, 0.2) is 42.5 Å². The normalized spacial score (nSPS) is 12.2. The molecular weight excluding hydrogens is 282 g/mol. The van der Waals surface area contributed by atoms with Crippen LogP contribution in [0.25, 0.3) is 0 Å². The number of nitrogens with two attached hydrogens (primary N) is 1. The molecule has 3 heteroatoms. The zero-order chi connectivity index (χ0) is 15.2. The SMILES string of the molecule is COc1ccc(C)cc1CC(CN)Cc1cccc(Cl)c1. The summed E-state index contributed by atoms with van der Waals surface area (Å²) in [6.45, 7) is 2.74. The van der Waals surface area contributed by atoms with Gasteiger partial charge in [0.25, 0.3) is 0 Å². The molecule has 0 amide bonds. The topological polar surface area (TPSA) is 35.2 Å². The molecule has 2 nitrogen and oxygen atoms in total. The van der Waals surface area contributed by atoms with Crippen molar-refractivity contribution in [2.75, 3.05) is 13.7 Å². The van der Waals surface area contributed by atoms with Gasteiger partial charge in [-0.25, -0.2) is 0 Å². The molecule has 0 fully saturated rings. The quantitative estimate of drug-likeness (QED) is 0.875. The highest BCUT2D eigenvalue weighted by atomic mass is 35.5. The van der Waals surface area contributed by atoms with Gasteiger partial charge < -0.3 is 10.5 Å². The van der Waals surface area contributed by atoms with Crippen LogP contribution in [-0.4, -0.2) is 13.7 Å². The maximum absolute atomic E-state index is 6.05. The van der Waals surface area contributed by atoms with Gasteiger partial charge in [0, 0.05) is 5.02 Å². The van der Waals surface area contributed by atoms with Gasteiger partial charge in [-0.05, 0) is 61.6 Å². The van der Waals surface area contributed by atoms with Crippen molar-refractivity contribution < 1.29 is 4.74 Å². The maximum atomic E-state index is 6.05. The first kappa shape index (κ1) is 15.9. The highest BCUT2D eigenvalue weighted by Gasteiger charge is 2.13. The number of hydrogen-bond acceptors (Lipinski definition) is 2. The minimum atomic E-state index is 0.374. The number of methoxy groups -OCH3 is 1. The van der Waals surface area contributed by atoms with Crippen LogP contribution >= 0.6 is 11.6 Å². The van der Waals surface area contributed by atoms with Crippen LogP contribution in [0.5, 0.6) is 5.75 Å². The molecule has 0 aromatic heterocycles. The summed E-state index contributed by atoms with van der Waals surface area (Å²) in [6.07, 6.45) is 1.84. The summed E-state index contributed by atoms with van der Waals surface area (Å²) in [5.74, 6) is 1.31. The smallest absolute Gasteiger partial charge is 0.122 e. The number of rotatable bonds is 6. The maximum Gasteiger partial charge on any atom is 0.122 e. The fraction of sp³-hybridized carbons (Fsp3) is 0.333. The van der Waals surface area contributed by atoms with Crippen LogP contribution in [0, 0.1) is 12.8 Å². The molecule has 2 aromatic rings. The summed E-state index contributed by atoms with van der Waals surface area (Å²) in [5, 5.41) is 0.774. The van der Waals surface area contributed by atoms with Gasteiger partial charge in [-0.1, -0.05) is 41.4 Å². The molecule has 0 radical (unpaired) electrons. The van der Waals surface area contributed by atoms with Crippen LogP contribution in [0.4, 0.5) is 0 Å². The molecule has 1 atom stereocenters. The van der Waals surface area contributed by atoms with Crippen molar-refractivity contribution in [1.29, 1.82) is 0 Å². The molecule has 0 aliphatic carbocycles. The van der Waals surface area contributed by atoms with E-state index in [0.717, 1.165) is 23.6 Å². The third-order valence-corrected chi connectivity index (χ3v) is 3.93. The van der Waals surface area contributed by atoms with Crippen LogP contribution in [0.2, 0.25) is 5.02 Å². The Bertz CT molecular complexity index is 598. The zero-order valence-corrected chi connectivity index (χ0v) is 13.4. The van der Waals surface area contributed by atoms with E-state index < -0.39 is 0 Å². The molecule has 1 unspecified atom stereocenters. The minimum absolute atomic E-state index is 0.374. The highest BCUT2D eigenvalue weighted by molar-refractivity contribution is 6.30. The monoisotopic (exact) mass is 303 g/mol. The molecule has 0 saturated heterocycles. The molecule has 2 rings (SSSR count). The van der Waals surface area contributed by atoms with Gasteiger partial charge in [-0.2, -0.15) is 0 Å². The molecule has 21 heavy (non-hydrogen) atoms. The molecule has 0 heterocycles. The summed E-state index contributed by atoms with van der Waals surface area (Å²) in [4.78, 5) is 0. The molecule has 0 aliphatic rings. The van der Waals surface area contributed by atoms with Crippen molar-refractivity contribution in [1.82, 2.24) is 0 Å². The molecule has 112 valence electrons. The molecular formula is C18H22ClNO. The van der Waals surface area contributed by atoms with E-state index in [1.54, 1.807) is 7.11 Å². The second kappa shape index (κ2) is 7.48. The highest BCUT2D eigenvalue weighted by Crippen LogP contribution is 2.24. The van der Waals surface area contributed by atoms with Crippen LogP contribution in [-0.2, 0) is 12.8 Å². The van der Waals surface area contributed by atoms with Gasteiger partial charge in [0.2, 0.25) is 0 Å². The first-order valence-electron chi connectivity index (χ1n) is 7.20. The first-order chi connectivity index (χ1) is 10.1. The number of benzene rings is 2. The van der Waals surface area contributed by atoms with Gasteiger partial charge in [0.15, 0.2) is 0 Å². The lowest BCUT2D eigenvalue weighted by molar-refractivity contribution is 0.403. The van der Waals surface area contributed by atoms with Crippen molar-refractivity contribution in [3.8, 4) is 5.75 Å². The average Bonchev–Trinajstić information content (AvgIpc) is 2.47. The van der Waals surface area contributed by atoms with Crippen LogP contribution < -0.4 is 10.5 Å². The summed E-state index contributed by atoms with van der Waals surface area (Å²) in [6, 6.07) is 14.3. The van der Waals surface area contributed by atoms with Gasteiger partial charge in [-0.3, -0.25) is 0 Å². The molecule has 0 bridgehead atoms. The predicted molar refractivity (Wildman–Crippen MR) is 89.1 cm³/mol. The number of hydrogen-bond donors (Lipinski definition) is 1. The van der Waals surface area contributed by atoms with E-state index in [9.17, 15) is 0 Å². The zero-order valence-electron chi connectivity index (χ0n) is 12.6. The molecule has 0 aliphatic heterocycles. The Morgan fingerprint density at radius 3 is 2.62 bits per heavy atom. The molecule has 2 aromatic carbocycles. The van der Waals surface area contributed by atoms with Crippen molar-refractivity contribution >= 4 is 11.6 Å². The Morgan fingerprint density at radius 2 is 1.95 bits per heavy atom. The summed E-state index contributed by atoms with van der Waals surface area (Å²) in [5.41, 5.74) is 9.65. The van der Waals surface area contributed by atoms with Gasteiger partial charge in [-0.15, -0.1) is 0 Å². The van der Waals surface area contributed by atoms with Crippen molar-refractivity contribution in [3.05, 3.63) is 64.2 Å². The van der Waals surface area contributed by atoms with E-state index >= 15 is 0 Å². The third kappa shape index (κ3) is 4.48. The Kier molecular flexibility index (Phi) is 5.66. The lowest BCUT2D eigenvalue weighted by Gasteiger charge is -2.17. The second-order valence-electron chi connectivity index (χ2n) is 5.46. The lowest BCUT2D eigenvalue weighted by atomic mass is 9.91. The Labute approximate surface area is 131 Å². The molecule has 0 saturated carbocycles. The van der Waals surface area contributed by atoms with Crippen molar-refractivity contribution in [2.24, 2.45) is 11.7 Å². The van der Waals surface area contributed by atoms with Gasteiger partial charge in [0.1, 0.15) is 5.75 Å². The largest absolute Gasteiger partial charge is 0.496 e. The Balaban J connectivity index is 2.14. The molecule has 0 spiro atoms. The van der Waals surface area contributed by atoms with E-state index in [-0.39, 0.29) is 0 Å². The Morgan fingerprint density at radius 1 is 1.14 bits per heavy atom. The average molecular weight is 304 g/mol. The number of ether oxygens (including phenoxy) is 1. The van der Waals surface area contributed by atoms with E-state index in [2.05, 4.69) is 25.1 Å². The van der Waals surface area contributed by atoms with E-state index in [1.165, 1.54) is 16.7 Å². The second-order valence-corrected chi connectivity index (χ2v) is 5.89. The lowest BCUT2D eigenvalue weighted by Crippen LogP contribution is -2.19. The summed E-state index contributed by atoms with van der Waals surface area (Å²) < 4.78 is 5.45. The summed E-state index contributed by atoms with van der Waals surface area (Å²) in [7, 11) is 1.71. The standard InChI is InChI=1S/C18H22ClNO/c1-13-6-7-18(21-2)16(8-13)10-15(12-20)9-14-4-3-5-17(19)11-14/h3-8,11,15H,9-10,12,20H2,1-2H3. The van der Waals surface area contributed by atoms with Crippen molar-refractivity contribution in [2.45, 2.75) is 19.8 Å². The molecule has 2 N–H and O–H groups in total. The van der Waals surface area contributed by atoms with Crippen LogP contribution in [0.1, 0.15) is 16.7 Å². The van der Waals surface area contributed by atoms with E-state index in [1.807, 2.05) is 24.3 Å². The number of aryl methyl sites for hydroxylation is 1. The van der Waals surface area contributed by atoms with E-state index in [0.29, 0.717) is 12.5 Å². The number of halogens is 1. The summed E-state index contributed by atoms with van der Waals surface area (Å²) >= 11 is 6.05. The fourth-order valence-electron chi connectivity index (χ4n) is 2.61. The minimum Gasteiger partial charge on any atom is -0.496 e. The predicted octanol–water partition coefficient (Wildman–Crippen LogP) is 4.02. The van der Waals surface area contributed by atoms with E-state index in [4.69, 9.17) is 22.1 Å². The van der Waals surface area contributed by atoms with Crippen LogP contribution in [0.3, 0.4) is 0 Å². The fourth-order valence-corrected chi connectivity index (χ4v) is 2.83. The Hall–Kier alpha value is -1.51. The third-order valence-electron chi connectivity index (χ3n) is 3.69. The van der Waals surface area contributed by atoms with Gasteiger partial charge >= 0.3 is 0 Å². The van der Waals surface area contributed by atoms with Crippen molar-refractivity contribution in [3.63, 3.8) is 0 Å². The first-order valence-corrected chi connectivity index (χ1v) is 7.58.